The Labute approximate surface area is 109 Å². The topological polar surface area (TPSA) is 49.7 Å². The molecule has 3 aliphatic rings. The molecule has 2 unspecified atom stereocenters. The molecule has 0 saturated heterocycles. The van der Waals surface area contributed by atoms with Crippen molar-refractivity contribution in [2.75, 3.05) is 0 Å². The second-order valence-electron chi connectivity index (χ2n) is 4.76. The number of benzene rings is 1. The van der Waals surface area contributed by atoms with Gasteiger partial charge < -0.3 is 4.90 Å². The summed E-state index contributed by atoms with van der Waals surface area (Å²) in [5.41, 5.74) is 0.999. The Kier molecular flexibility index (Phi) is 1.93. The molecule has 0 saturated carbocycles. The maximum atomic E-state index is 12.6. The van der Waals surface area contributed by atoms with E-state index >= 15 is 0 Å². The van der Waals surface area contributed by atoms with Crippen LogP contribution in [0.3, 0.4) is 0 Å². The molecule has 0 radical (unpaired) electrons. The molecule has 1 aliphatic carbocycles. The summed E-state index contributed by atoms with van der Waals surface area (Å²) in [4.78, 5) is 31.2. The number of hydrogen-bond acceptors (Lipinski definition) is 4. The molecule has 0 fully saturated rings. The van der Waals surface area contributed by atoms with Gasteiger partial charge >= 0.3 is 0 Å². The van der Waals surface area contributed by atoms with Crippen molar-refractivity contribution in [2.24, 2.45) is 4.99 Å². The molecule has 4 heteroatoms. The fraction of sp³-hybridized carbons (Fsp3) is 0.133. The van der Waals surface area contributed by atoms with Crippen molar-refractivity contribution in [1.29, 1.82) is 0 Å². The van der Waals surface area contributed by atoms with Gasteiger partial charge in [-0.15, -0.1) is 0 Å². The van der Waals surface area contributed by atoms with Crippen LogP contribution in [-0.2, 0) is 0 Å². The van der Waals surface area contributed by atoms with E-state index in [0.717, 1.165) is 0 Å². The molecule has 2 heterocycles. The smallest absolute Gasteiger partial charge is 0.190 e. The fourth-order valence-corrected chi connectivity index (χ4v) is 2.86. The first-order chi connectivity index (χ1) is 9.27. The standard InChI is InChI=1S/C15H10N2O2/c18-14-9-5-1-2-6-10(9)15(19)13-12(14)16-11-7-3-4-8-17(11)13/h1-8,12-13H. The van der Waals surface area contributed by atoms with Crippen molar-refractivity contribution >= 4 is 17.4 Å². The van der Waals surface area contributed by atoms with Gasteiger partial charge in [0.1, 0.15) is 17.9 Å². The highest BCUT2D eigenvalue weighted by Gasteiger charge is 2.48. The Morgan fingerprint density at radius 3 is 2.53 bits per heavy atom. The minimum atomic E-state index is -0.607. The van der Waals surface area contributed by atoms with Gasteiger partial charge in [-0.05, 0) is 12.2 Å². The number of hydrogen-bond donors (Lipinski definition) is 0. The third kappa shape index (κ3) is 1.25. The first kappa shape index (κ1) is 10.4. The van der Waals surface area contributed by atoms with Crippen LogP contribution in [0.25, 0.3) is 0 Å². The minimum absolute atomic E-state index is 0.0288. The van der Waals surface area contributed by atoms with Crippen molar-refractivity contribution < 1.29 is 9.59 Å². The van der Waals surface area contributed by atoms with E-state index in [1.54, 1.807) is 29.2 Å². The molecular formula is C15H10N2O2. The van der Waals surface area contributed by atoms with E-state index in [0.29, 0.717) is 17.0 Å². The van der Waals surface area contributed by atoms with Gasteiger partial charge in [-0.25, -0.2) is 0 Å². The molecule has 0 N–H and O–H groups in total. The van der Waals surface area contributed by atoms with Crippen LogP contribution in [0, 0.1) is 0 Å². The van der Waals surface area contributed by atoms with Gasteiger partial charge in [0.25, 0.3) is 0 Å². The molecule has 2 aliphatic heterocycles. The van der Waals surface area contributed by atoms with Crippen molar-refractivity contribution in [3.63, 3.8) is 0 Å². The van der Waals surface area contributed by atoms with Crippen LogP contribution >= 0.6 is 0 Å². The maximum Gasteiger partial charge on any atom is 0.190 e. The van der Waals surface area contributed by atoms with Crippen LogP contribution in [0.15, 0.2) is 53.7 Å². The zero-order chi connectivity index (χ0) is 13.0. The van der Waals surface area contributed by atoms with Crippen LogP contribution in [0.1, 0.15) is 20.7 Å². The number of carbonyl (C=O) groups excluding carboxylic acids is 2. The summed E-state index contributed by atoms with van der Waals surface area (Å²) in [6.07, 6.45) is 7.33. The molecular weight excluding hydrogens is 240 g/mol. The van der Waals surface area contributed by atoms with Crippen molar-refractivity contribution in [3.8, 4) is 0 Å². The molecule has 92 valence electrons. The summed E-state index contributed by atoms with van der Waals surface area (Å²) in [6, 6.07) is 5.86. The Morgan fingerprint density at radius 2 is 1.74 bits per heavy atom. The third-order valence-corrected chi connectivity index (χ3v) is 3.73. The highest BCUT2D eigenvalue weighted by Crippen LogP contribution is 2.32. The van der Waals surface area contributed by atoms with E-state index in [1.165, 1.54) is 0 Å². The minimum Gasteiger partial charge on any atom is -0.320 e. The molecule has 0 aromatic heterocycles. The summed E-state index contributed by atoms with van der Waals surface area (Å²) in [5.74, 6) is 0.592. The number of amidine groups is 1. The number of allylic oxidation sites excluding steroid dienone is 2. The van der Waals surface area contributed by atoms with Gasteiger partial charge in [-0.1, -0.05) is 30.3 Å². The second-order valence-corrected chi connectivity index (χ2v) is 4.76. The Bertz CT molecular complexity index is 700. The zero-order valence-corrected chi connectivity index (χ0v) is 9.98. The number of fused-ring (bicyclic) bond motifs is 4. The average molecular weight is 250 g/mol. The predicted molar refractivity (Wildman–Crippen MR) is 70.2 cm³/mol. The summed E-state index contributed by atoms with van der Waals surface area (Å²) >= 11 is 0. The van der Waals surface area contributed by atoms with E-state index in [1.807, 2.05) is 24.4 Å². The number of nitrogens with zero attached hydrogens (tertiary/aromatic N) is 2. The summed E-state index contributed by atoms with van der Waals surface area (Å²) in [5, 5.41) is 0. The molecule has 0 amide bonds. The van der Waals surface area contributed by atoms with E-state index in [9.17, 15) is 9.59 Å². The molecule has 4 nitrogen and oxygen atoms in total. The lowest BCUT2D eigenvalue weighted by atomic mass is 9.83. The number of Topliss-reactive ketones (excluding diaryl/α,β-unsaturated/α-hetero) is 2. The molecule has 4 rings (SSSR count). The average Bonchev–Trinajstić information content (AvgIpc) is 2.84. The van der Waals surface area contributed by atoms with Gasteiger partial charge in [0.15, 0.2) is 11.6 Å². The first-order valence-corrected chi connectivity index (χ1v) is 6.16. The number of ketones is 2. The summed E-state index contributed by atoms with van der Waals surface area (Å²) < 4.78 is 0. The SMILES string of the molecule is O=C1c2ccccc2C(=O)C2C1N=C1C=CC=CN12. The quantitative estimate of drug-likeness (QED) is 0.702. The lowest BCUT2D eigenvalue weighted by molar-refractivity contribution is 0.0806. The largest absolute Gasteiger partial charge is 0.320 e. The van der Waals surface area contributed by atoms with E-state index < -0.39 is 12.1 Å². The first-order valence-electron chi connectivity index (χ1n) is 6.16. The van der Waals surface area contributed by atoms with Crippen LogP contribution in [-0.4, -0.2) is 34.4 Å². The molecule has 19 heavy (non-hydrogen) atoms. The van der Waals surface area contributed by atoms with Crippen LogP contribution in [0.4, 0.5) is 0 Å². The van der Waals surface area contributed by atoms with E-state index in [2.05, 4.69) is 4.99 Å². The normalized spacial score (nSPS) is 26.9. The molecule has 0 bridgehead atoms. The zero-order valence-electron chi connectivity index (χ0n) is 9.98. The summed E-state index contributed by atoms with van der Waals surface area (Å²) in [7, 11) is 0. The molecule has 0 spiro atoms. The lowest BCUT2D eigenvalue weighted by Gasteiger charge is -2.29. The molecule has 2 atom stereocenters. The monoisotopic (exact) mass is 250 g/mol. The summed E-state index contributed by atoms with van der Waals surface area (Å²) in [6.45, 7) is 0. The second kappa shape index (κ2) is 3.51. The maximum absolute atomic E-state index is 12.6. The molecule has 1 aromatic carbocycles. The van der Waals surface area contributed by atoms with Gasteiger partial charge in [-0.3, -0.25) is 14.6 Å². The number of rotatable bonds is 0. The van der Waals surface area contributed by atoms with Gasteiger partial charge in [-0.2, -0.15) is 0 Å². The number of carbonyl (C=O) groups is 2. The molecule has 1 aromatic rings. The third-order valence-electron chi connectivity index (χ3n) is 3.73. The van der Waals surface area contributed by atoms with Crippen LogP contribution in [0.5, 0.6) is 0 Å². The Balaban J connectivity index is 1.90. The van der Waals surface area contributed by atoms with Gasteiger partial charge in [0.2, 0.25) is 0 Å². The van der Waals surface area contributed by atoms with Crippen molar-refractivity contribution in [1.82, 2.24) is 4.90 Å². The van der Waals surface area contributed by atoms with Gasteiger partial charge in [0, 0.05) is 17.3 Å². The van der Waals surface area contributed by atoms with Crippen LogP contribution in [0.2, 0.25) is 0 Å². The lowest BCUT2D eigenvalue weighted by Crippen LogP contribution is -2.49. The number of aliphatic imine (C=N–C) groups is 1. The van der Waals surface area contributed by atoms with Crippen molar-refractivity contribution in [2.45, 2.75) is 12.1 Å². The Morgan fingerprint density at radius 1 is 1.00 bits per heavy atom. The van der Waals surface area contributed by atoms with E-state index in [4.69, 9.17) is 0 Å². The van der Waals surface area contributed by atoms with Crippen LogP contribution < -0.4 is 0 Å². The highest BCUT2D eigenvalue weighted by molar-refractivity contribution is 6.22. The Hall–Kier alpha value is -2.49. The van der Waals surface area contributed by atoms with Crippen molar-refractivity contribution in [3.05, 3.63) is 59.8 Å². The fourth-order valence-electron chi connectivity index (χ4n) is 2.86. The van der Waals surface area contributed by atoms with Gasteiger partial charge in [0.05, 0.1) is 0 Å². The highest BCUT2D eigenvalue weighted by atomic mass is 16.1. The van der Waals surface area contributed by atoms with E-state index in [-0.39, 0.29) is 11.6 Å². The predicted octanol–water partition coefficient (Wildman–Crippen LogP) is 1.60.